The molecule has 0 aliphatic carbocycles. The number of hydrogen-bond acceptors (Lipinski definition) is 3. The zero-order valence-electron chi connectivity index (χ0n) is 7.96. The fourth-order valence-corrected chi connectivity index (χ4v) is 1.14. The minimum Gasteiger partial charge on any atom is -2.00 e. The predicted molar refractivity (Wildman–Crippen MR) is 42.8 cm³/mol. The van der Waals surface area contributed by atoms with Crippen LogP contribution < -0.4 is 0 Å². The Morgan fingerprint density at radius 3 is 2.25 bits per heavy atom. The maximum absolute atomic E-state index is 10.5. The Morgan fingerprint density at radius 2 is 2.00 bits per heavy atom. The molecule has 12 heavy (non-hydrogen) atoms. The molecule has 0 aliphatic rings. The van der Waals surface area contributed by atoms with Gasteiger partial charge in [-0.1, -0.05) is 0 Å². The van der Waals surface area contributed by atoms with Crippen LogP contribution in [0.25, 0.3) is 0 Å². The SMILES string of the molecule is CC(=O)OC(C)(C)CC(C)O.[O-2]. The number of aliphatic hydroxyl groups is 1. The lowest BCUT2D eigenvalue weighted by Crippen LogP contribution is -2.30. The largest absolute Gasteiger partial charge is 2.00 e. The number of aliphatic hydroxyl groups excluding tert-OH is 1. The highest BCUT2D eigenvalue weighted by molar-refractivity contribution is 5.66. The van der Waals surface area contributed by atoms with Crippen molar-refractivity contribution in [2.24, 2.45) is 0 Å². The van der Waals surface area contributed by atoms with Crippen molar-refractivity contribution in [3.05, 3.63) is 0 Å². The van der Waals surface area contributed by atoms with E-state index >= 15 is 0 Å². The molecular weight excluding hydrogens is 160 g/mol. The van der Waals surface area contributed by atoms with Gasteiger partial charge in [0.2, 0.25) is 0 Å². The molecule has 0 saturated heterocycles. The number of carbonyl (C=O) groups excluding carboxylic acids is 1. The number of ether oxygens (including phenoxy) is 1. The van der Waals surface area contributed by atoms with E-state index in [0.29, 0.717) is 6.42 Å². The number of carbonyl (C=O) groups is 1. The van der Waals surface area contributed by atoms with Crippen LogP contribution in [0.5, 0.6) is 0 Å². The molecule has 0 heterocycles. The zero-order chi connectivity index (χ0) is 9.07. The first kappa shape index (κ1) is 13.9. The van der Waals surface area contributed by atoms with Crippen molar-refractivity contribution in [3.63, 3.8) is 0 Å². The molecule has 0 aromatic rings. The third kappa shape index (κ3) is 7.50. The summed E-state index contributed by atoms with van der Waals surface area (Å²) >= 11 is 0. The molecule has 0 saturated carbocycles. The molecule has 0 bridgehead atoms. The molecule has 4 heteroatoms. The molecule has 0 spiro atoms. The van der Waals surface area contributed by atoms with Gasteiger partial charge in [-0.15, -0.1) is 0 Å². The van der Waals surface area contributed by atoms with Crippen LogP contribution in [0.4, 0.5) is 0 Å². The molecule has 1 atom stereocenters. The monoisotopic (exact) mass is 176 g/mol. The maximum atomic E-state index is 10.5. The van der Waals surface area contributed by atoms with E-state index < -0.39 is 11.7 Å². The smallest absolute Gasteiger partial charge is 0.303 e. The molecule has 0 aromatic heterocycles. The number of esters is 1. The van der Waals surface area contributed by atoms with Gasteiger partial charge in [0.15, 0.2) is 0 Å². The highest BCUT2D eigenvalue weighted by atomic mass is 16.6. The lowest BCUT2D eigenvalue weighted by Gasteiger charge is -2.25. The van der Waals surface area contributed by atoms with Gasteiger partial charge in [0.25, 0.3) is 0 Å². The first-order chi connectivity index (χ1) is 4.83. The summed E-state index contributed by atoms with van der Waals surface area (Å²) in [5.74, 6) is -0.310. The molecule has 0 radical (unpaired) electrons. The van der Waals surface area contributed by atoms with Gasteiger partial charge in [0.05, 0.1) is 6.10 Å². The van der Waals surface area contributed by atoms with Crippen LogP contribution in [0.3, 0.4) is 0 Å². The molecule has 0 aliphatic heterocycles. The Hall–Kier alpha value is -0.610. The Kier molecular flexibility index (Phi) is 5.94. The highest BCUT2D eigenvalue weighted by Gasteiger charge is 2.22. The average Bonchev–Trinajstić information content (AvgIpc) is 1.53. The third-order valence-electron chi connectivity index (χ3n) is 1.21. The van der Waals surface area contributed by atoms with Gasteiger partial charge in [-0.25, -0.2) is 0 Å². The van der Waals surface area contributed by atoms with E-state index in [4.69, 9.17) is 9.84 Å². The van der Waals surface area contributed by atoms with Crippen LogP contribution in [0, 0.1) is 0 Å². The lowest BCUT2D eigenvalue weighted by molar-refractivity contribution is -0.155. The van der Waals surface area contributed by atoms with Crippen molar-refractivity contribution in [2.45, 2.75) is 45.8 Å². The number of rotatable bonds is 3. The minimum absolute atomic E-state index is 0. The fourth-order valence-electron chi connectivity index (χ4n) is 1.14. The molecule has 1 N–H and O–H groups in total. The first-order valence-corrected chi connectivity index (χ1v) is 3.71. The van der Waals surface area contributed by atoms with Crippen LogP contribution in [0.15, 0.2) is 0 Å². The summed E-state index contributed by atoms with van der Waals surface area (Å²) in [6.45, 7) is 6.59. The molecule has 0 rings (SSSR count). The minimum atomic E-state index is -0.556. The van der Waals surface area contributed by atoms with E-state index in [-0.39, 0.29) is 11.4 Å². The summed E-state index contributed by atoms with van der Waals surface area (Å²) in [5.41, 5.74) is -0.556. The summed E-state index contributed by atoms with van der Waals surface area (Å²) in [4.78, 5) is 10.5. The van der Waals surface area contributed by atoms with E-state index in [1.807, 2.05) is 0 Å². The van der Waals surface area contributed by atoms with Crippen LogP contribution in [-0.2, 0) is 15.0 Å². The standard InChI is InChI=1S/C8H16O3.O/c1-6(9)5-8(3,4)11-7(2)10;/h6,9H,5H2,1-4H3;/q;-2. The molecule has 74 valence electrons. The second kappa shape index (κ2) is 5.11. The Labute approximate surface area is 72.8 Å². The summed E-state index contributed by atoms with van der Waals surface area (Å²) in [7, 11) is 0. The van der Waals surface area contributed by atoms with Crippen LogP contribution in [0.2, 0.25) is 0 Å². The van der Waals surface area contributed by atoms with Gasteiger partial charge in [0, 0.05) is 13.3 Å². The highest BCUT2D eigenvalue weighted by Crippen LogP contribution is 2.16. The molecule has 0 amide bonds. The molecular formula is C8H16O4-2. The second-order valence-electron chi connectivity index (χ2n) is 3.41. The molecule has 0 fully saturated rings. The van der Waals surface area contributed by atoms with E-state index in [1.165, 1.54) is 6.92 Å². The van der Waals surface area contributed by atoms with Crippen molar-refractivity contribution < 1.29 is 20.1 Å². The van der Waals surface area contributed by atoms with Gasteiger partial charge in [0.1, 0.15) is 5.60 Å². The Bertz CT molecular complexity index is 140. The molecule has 0 aromatic carbocycles. The van der Waals surface area contributed by atoms with Gasteiger partial charge >= 0.3 is 5.97 Å². The predicted octanol–water partition coefficient (Wildman–Crippen LogP) is 0.980. The van der Waals surface area contributed by atoms with Crippen molar-refractivity contribution in [1.82, 2.24) is 0 Å². The van der Waals surface area contributed by atoms with Gasteiger partial charge in [-0.2, -0.15) is 0 Å². The third-order valence-corrected chi connectivity index (χ3v) is 1.21. The number of hydrogen-bond donors (Lipinski definition) is 1. The van der Waals surface area contributed by atoms with Crippen LogP contribution in [-0.4, -0.2) is 22.8 Å². The van der Waals surface area contributed by atoms with Gasteiger partial charge < -0.3 is 15.3 Å². The van der Waals surface area contributed by atoms with E-state index in [0.717, 1.165) is 0 Å². The molecule has 4 nitrogen and oxygen atoms in total. The first-order valence-electron chi connectivity index (χ1n) is 3.71. The van der Waals surface area contributed by atoms with E-state index in [9.17, 15) is 4.79 Å². The topological polar surface area (TPSA) is 75.0 Å². The summed E-state index contributed by atoms with van der Waals surface area (Å²) in [5, 5.41) is 9.01. The van der Waals surface area contributed by atoms with Gasteiger partial charge in [-0.3, -0.25) is 4.79 Å². The van der Waals surface area contributed by atoms with Crippen LogP contribution >= 0.6 is 0 Å². The van der Waals surface area contributed by atoms with Crippen molar-refractivity contribution in [2.75, 3.05) is 0 Å². The van der Waals surface area contributed by atoms with Crippen molar-refractivity contribution in [1.29, 1.82) is 0 Å². The normalized spacial score (nSPS) is 13.1. The summed E-state index contributed by atoms with van der Waals surface area (Å²) in [6, 6.07) is 0. The Balaban J connectivity index is 0. The maximum Gasteiger partial charge on any atom is 0.303 e. The average molecular weight is 176 g/mol. The van der Waals surface area contributed by atoms with Crippen molar-refractivity contribution >= 4 is 5.97 Å². The van der Waals surface area contributed by atoms with E-state index in [1.54, 1.807) is 20.8 Å². The lowest BCUT2D eigenvalue weighted by atomic mass is 10.0. The zero-order valence-corrected chi connectivity index (χ0v) is 7.96. The quantitative estimate of drug-likeness (QED) is 0.651. The van der Waals surface area contributed by atoms with Crippen LogP contribution in [0.1, 0.15) is 34.1 Å². The fraction of sp³-hybridized carbons (Fsp3) is 0.875. The van der Waals surface area contributed by atoms with Crippen molar-refractivity contribution in [3.8, 4) is 0 Å². The molecule has 1 unspecified atom stereocenters. The summed E-state index contributed by atoms with van der Waals surface area (Å²) < 4.78 is 4.95. The summed E-state index contributed by atoms with van der Waals surface area (Å²) in [6.07, 6.45) is 0.0244. The van der Waals surface area contributed by atoms with E-state index in [2.05, 4.69) is 0 Å². The second-order valence-corrected chi connectivity index (χ2v) is 3.41. The van der Waals surface area contributed by atoms with Gasteiger partial charge in [-0.05, 0) is 20.8 Å². The Morgan fingerprint density at radius 1 is 1.58 bits per heavy atom.